The molecule has 1 heterocycles. The van der Waals surface area contributed by atoms with Gasteiger partial charge in [-0.2, -0.15) is 5.10 Å². The van der Waals surface area contributed by atoms with E-state index < -0.39 is 5.82 Å². The molecular formula is C13H10ClFN4. The van der Waals surface area contributed by atoms with E-state index in [9.17, 15) is 4.39 Å². The summed E-state index contributed by atoms with van der Waals surface area (Å²) in [6.45, 7) is 0. The molecule has 0 radical (unpaired) electrons. The fourth-order valence-electron chi connectivity index (χ4n) is 1.85. The zero-order valence-electron chi connectivity index (χ0n) is 9.74. The number of nitrogens with one attached hydrogen (secondary N) is 2. The minimum absolute atomic E-state index is 0.0857. The molecule has 0 unspecified atom stereocenters. The number of nitrogens with zero attached hydrogens (tertiary/aromatic N) is 1. The van der Waals surface area contributed by atoms with E-state index >= 15 is 0 Å². The van der Waals surface area contributed by atoms with Gasteiger partial charge >= 0.3 is 0 Å². The Labute approximate surface area is 113 Å². The second-order valence-corrected chi connectivity index (χ2v) is 4.56. The number of halogens is 2. The van der Waals surface area contributed by atoms with Crippen molar-refractivity contribution in [1.82, 2.24) is 10.2 Å². The van der Waals surface area contributed by atoms with Crippen molar-refractivity contribution in [3.05, 3.63) is 47.4 Å². The number of rotatable bonds is 2. The molecule has 4 nitrogen and oxygen atoms in total. The standard InChI is InChI=1S/C13H10ClFN4/c14-9-2-1-8(4-10(9)15)18-13-5-12-7(3-11(13)16)6-17-19-12/h1-6,18H,16H2,(H,17,19). The van der Waals surface area contributed by atoms with Gasteiger partial charge in [-0.05, 0) is 30.3 Å². The van der Waals surface area contributed by atoms with Gasteiger partial charge in [-0.3, -0.25) is 5.10 Å². The van der Waals surface area contributed by atoms with E-state index in [2.05, 4.69) is 15.5 Å². The first-order chi connectivity index (χ1) is 9.13. The highest BCUT2D eigenvalue weighted by Crippen LogP contribution is 2.28. The summed E-state index contributed by atoms with van der Waals surface area (Å²) < 4.78 is 13.4. The molecule has 0 spiro atoms. The molecule has 0 aliphatic carbocycles. The minimum Gasteiger partial charge on any atom is -0.397 e. The van der Waals surface area contributed by atoms with Gasteiger partial charge in [0.15, 0.2) is 0 Å². The number of H-pyrrole nitrogens is 1. The molecule has 1 aromatic heterocycles. The van der Waals surface area contributed by atoms with Crippen molar-refractivity contribution in [2.45, 2.75) is 0 Å². The lowest BCUT2D eigenvalue weighted by atomic mass is 10.2. The molecule has 0 aliphatic heterocycles. The Hall–Kier alpha value is -2.27. The molecule has 0 atom stereocenters. The summed E-state index contributed by atoms with van der Waals surface area (Å²) in [5.41, 5.74) is 8.61. The first kappa shape index (κ1) is 11.8. The second kappa shape index (κ2) is 4.44. The van der Waals surface area contributed by atoms with Crippen molar-refractivity contribution in [2.24, 2.45) is 0 Å². The molecular weight excluding hydrogens is 267 g/mol. The second-order valence-electron chi connectivity index (χ2n) is 4.15. The molecule has 3 aromatic rings. The monoisotopic (exact) mass is 276 g/mol. The Kier molecular flexibility index (Phi) is 2.76. The number of hydrogen-bond donors (Lipinski definition) is 3. The fraction of sp³-hybridized carbons (Fsp3) is 0. The SMILES string of the molecule is Nc1cc2cn[nH]c2cc1Nc1ccc(Cl)c(F)c1. The number of anilines is 3. The van der Waals surface area contributed by atoms with E-state index in [0.29, 0.717) is 17.1 Å². The number of aromatic nitrogens is 2. The number of benzene rings is 2. The van der Waals surface area contributed by atoms with Crippen LogP contribution in [0.2, 0.25) is 5.02 Å². The normalized spacial score (nSPS) is 10.8. The van der Waals surface area contributed by atoms with Crippen LogP contribution in [0.3, 0.4) is 0 Å². The third kappa shape index (κ3) is 2.20. The Morgan fingerprint density at radius 2 is 2.11 bits per heavy atom. The topological polar surface area (TPSA) is 66.7 Å². The van der Waals surface area contributed by atoms with Gasteiger partial charge in [0, 0.05) is 11.1 Å². The molecule has 96 valence electrons. The highest BCUT2D eigenvalue weighted by molar-refractivity contribution is 6.30. The van der Waals surface area contributed by atoms with Gasteiger partial charge in [-0.15, -0.1) is 0 Å². The number of fused-ring (bicyclic) bond motifs is 1. The molecule has 19 heavy (non-hydrogen) atoms. The maximum Gasteiger partial charge on any atom is 0.143 e. The summed E-state index contributed by atoms with van der Waals surface area (Å²) >= 11 is 5.64. The predicted octanol–water partition coefficient (Wildman–Crippen LogP) is 3.68. The van der Waals surface area contributed by atoms with Gasteiger partial charge in [0.05, 0.1) is 28.1 Å². The van der Waals surface area contributed by atoms with E-state index in [1.165, 1.54) is 12.1 Å². The zero-order valence-corrected chi connectivity index (χ0v) is 10.5. The maximum atomic E-state index is 13.4. The van der Waals surface area contributed by atoms with Crippen LogP contribution in [0, 0.1) is 5.82 Å². The number of nitrogens with two attached hydrogens (primary N) is 1. The lowest BCUT2D eigenvalue weighted by Gasteiger charge is -2.10. The van der Waals surface area contributed by atoms with Gasteiger partial charge in [0.2, 0.25) is 0 Å². The van der Waals surface area contributed by atoms with Crippen LogP contribution in [0.15, 0.2) is 36.5 Å². The highest BCUT2D eigenvalue weighted by atomic mass is 35.5. The summed E-state index contributed by atoms with van der Waals surface area (Å²) in [5, 5.41) is 10.8. The Balaban J connectivity index is 1.99. The van der Waals surface area contributed by atoms with Crippen LogP contribution in [0.5, 0.6) is 0 Å². The molecule has 0 aliphatic rings. The molecule has 0 bridgehead atoms. The van der Waals surface area contributed by atoms with Gasteiger partial charge in [0.1, 0.15) is 5.82 Å². The molecule has 0 amide bonds. The average molecular weight is 277 g/mol. The molecule has 0 saturated heterocycles. The third-order valence-corrected chi connectivity index (χ3v) is 3.12. The Bertz CT molecular complexity index is 753. The highest BCUT2D eigenvalue weighted by Gasteiger charge is 2.06. The van der Waals surface area contributed by atoms with Gasteiger partial charge in [0.25, 0.3) is 0 Å². The van der Waals surface area contributed by atoms with Crippen LogP contribution >= 0.6 is 11.6 Å². The Morgan fingerprint density at radius 1 is 1.26 bits per heavy atom. The lowest BCUT2D eigenvalue weighted by molar-refractivity contribution is 0.629. The number of nitrogen functional groups attached to an aromatic ring is 1. The summed E-state index contributed by atoms with van der Waals surface area (Å²) in [6.07, 6.45) is 1.69. The van der Waals surface area contributed by atoms with E-state index in [-0.39, 0.29) is 5.02 Å². The quantitative estimate of drug-likeness (QED) is 0.626. The minimum atomic E-state index is -0.479. The summed E-state index contributed by atoms with van der Waals surface area (Å²) in [4.78, 5) is 0. The van der Waals surface area contributed by atoms with Crippen LogP contribution in [0.4, 0.5) is 21.5 Å². The predicted molar refractivity (Wildman–Crippen MR) is 75.2 cm³/mol. The van der Waals surface area contributed by atoms with Crippen molar-refractivity contribution in [2.75, 3.05) is 11.1 Å². The average Bonchev–Trinajstić information content (AvgIpc) is 2.81. The van der Waals surface area contributed by atoms with Crippen LogP contribution in [-0.4, -0.2) is 10.2 Å². The molecule has 0 fully saturated rings. The van der Waals surface area contributed by atoms with Crippen LogP contribution in [0.1, 0.15) is 0 Å². The zero-order chi connectivity index (χ0) is 13.4. The summed E-state index contributed by atoms with van der Waals surface area (Å²) in [6, 6.07) is 8.11. The van der Waals surface area contributed by atoms with E-state index in [0.717, 1.165) is 10.9 Å². The van der Waals surface area contributed by atoms with Crippen molar-refractivity contribution >= 4 is 39.6 Å². The van der Waals surface area contributed by atoms with Gasteiger partial charge < -0.3 is 11.1 Å². The van der Waals surface area contributed by atoms with Crippen molar-refractivity contribution in [3.8, 4) is 0 Å². The van der Waals surface area contributed by atoms with Crippen molar-refractivity contribution in [3.63, 3.8) is 0 Å². The van der Waals surface area contributed by atoms with Crippen molar-refractivity contribution < 1.29 is 4.39 Å². The van der Waals surface area contributed by atoms with Crippen molar-refractivity contribution in [1.29, 1.82) is 0 Å². The van der Waals surface area contributed by atoms with E-state index in [1.54, 1.807) is 18.3 Å². The maximum absolute atomic E-state index is 13.4. The van der Waals surface area contributed by atoms with E-state index in [4.69, 9.17) is 17.3 Å². The van der Waals surface area contributed by atoms with Crippen LogP contribution < -0.4 is 11.1 Å². The van der Waals surface area contributed by atoms with Crippen LogP contribution in [0.25, 0.3) is 10.9 Å². The third-order valence-electron chi connectivity index (χ3n) is 2.81. The number of hydrogen-bond acceptors (Lipinski definition) is 3. The van der Waals surface area contributed by atoms with E-state index in [1.807, 2.05) is 6.07 Å². The van der Waals surface area contributed by atoms with Crippen LogP contribution in [-0.2, 0) is 0 Å². The first-order valence-electron chi connectivity index (χ1n) is 5.58. The smallest absolute Gasteiger partial charge is 0.143 e. The molecule has 4 N–H and O–H groups in total. The molecule has 0 saturated carbocycles. The van der Waals surface area contributed by atoms with Gasteiger partial charge in [-0.25, -0.2) is 4.39 Å². The van der Waals surface area contributed by atoms with Gasteiger partial charge in [-0.1, -0.05) is 11.6 Å². The number of aromatic amines is 1. The lowest BCUT2D eigenvalue weighted by Crippen LogP contribution is -1.96. The Morgan fingerprint density at radius 3 is 2.89 bits per heavy atom. The molecule has 3 rings (SSSR count). The molecule has 6 heteroatoms. The fourth-order valence-corrected chi connectivity index (χ4v) is 1.96. The first-order valence-corrected chi connectivity index (χ1v) is 5.96. The summed E-state index contributed by atoms with van der Waals surface area (Å²) in [7, 11) is 0. The summed E-state index contributed by atoms with van der Waals surface area (Å²) in [5.74, 6) is -0.479. The molecule has 2 aromatic carbocycles. The largest absolute Gasteiger partial charge is 0.397 e.